The first-order chi connectivity index (χ1) is 16.8. The minimum atomic E-state index is -0.917. The summed E-state index contributed by atoms with van der Waals surface area (Å²) in [6.07, 6.45) is 0.929. The third-order valence-corrected chi connectivity index (χ3v) is 7.89. The summed E-state index contributed by atoms with van der Waals surface area (Å²) >= 11 is 0. The van der Waals surface area contributed by atoms with E-state index in [4.69, 9.17) is 4.74 Å². The fourth-order valence-electron chi connectivity index (χ4n) is 5.32. The largest absolute Gasteiger partial charge is 0.481 e. The van der Waals surface area contributed by atoms with Crippen molar-refractivity contribution in [3.05, 3.63) is 59.7 Å². The van der Waals surface area contributed by atoms with Gasteiger partial charge in [0.25, 0.3) is 0 Å². The van der Waals surface area contributed by atoms with Crippen LogP contribution in [-0.4, -0.2) is 53.7 Å². The van der Waals surface area contributed by atoms with Crippen molar-refractivity contribution >= 4 is 18.0 Å². The second-order valence-corrected chi connectivity index (χ2v) is 9.78. The highest BCUT2D eigenvalue weighted by Crippen LogP contribution is 2.44. The maximum Gasteiger partial charge on any atom is 0.407 e. The smallest absolute Gasteiger partial charge is 0.407 e. The molecule has 1 unspecified atom stereocenters. The highest BCUT2D eigenvalue weighted by Gasteiger charge is 2.46. The molecule has 1 saturated heterocycles. The van der Waals surface area contributed by atoms with E-state index in [1.807, 2.05) is 45.0 Å². The van der Waals surface area contributed by atoms with Crippen molar-refractivity contribution in [2.45, 2.75) is 52.0 Å². The minimum absolute atomic E-state index is 0.0646. The zero-order valence-electron chi connectivity index (χ0n) is 20.6. The second kappa shape index (κ2) is 10.1. The summed E-state index contributed by atoms with van der Waals surface area (Å²) in [5, 5.41) is 12.5. The highest BCUT2D eigenvalue weighted by molar-refractivity contribution is 5.87. The van der Waals surface area contributed by atoms with Crippen molar-refractivity contribution in [3.63, 3.8) is 0 Å². The van der Waals surface area contributed by atoms with Gasteiger partial charge in [-0.15, -0.1) is 0 Å². The molecule has 0 spiro atoms. The Morgan fingerprint density at radius 2 is 1.69 bits per heavy atom. The molecule has 0 saturated carbocycles. The number of hydrogen-bond acceptors (Lipinski definition) is 4. The highest BCUT2D eigenvalue weighted by atomic mass is 16.5. The maximum absolute atomic E-state index is 13.4. The van der Waals surface area contributed by atoms with Crippen LogP contribution in [0.25, 0.3) is 11.1 Å². The summed E-state index contributed by atoms with van der Waals surface area (Å²) in [6.45, 7) is 6.41. The molecule has 0 bridgehead atoms. The molecule has 3 atom stereocenters. The number of carboxylic acids is 1. The maximum atomic E-state index is 13.4. The number of hydrogen-bond donors (Lipinski definition) is 2. The Bertz CT molecular complexity index is 1070. The normalized spacial score (nSPS) is 20.6. The van der Waals surface area contributed by atoms with Crippen LogP contribution in [0, 0.1) is 11.3 Å². The second-order valence-electron chi connectivity index (χ2n) is 9.78. The molecule has 0 radical (unpaired) electrons. The average Bonchev–Trinajstić information content (AvgIpc) is 3.46. The molecule has 4 rings (SSSR count). The van der Waals surface area contributed by atoms with E-state index in [-0.39, 0.29) is 30.9 Å². The van der Waals surface area contributed by atoms with Crippen molar-refractivity contribution in [2.24, 2.45) is 11.3 Å². The SMILES string of the molecule is CC[C@H](C)[C@H](NC(=O)OCC1c2ccccc2-c2ccccc21)C(=O)N1CCC(CC)(C(=O)O)C1. The predicted octanol–water partition coefficient (Wildman–Crippen LogP) is 4.65. The number of rotatable bonds is 8. The van der Waals surface area contributed by atoms with E-state index in [0.29, 0.717) is 25.8 Å². The Labute approximate surface area is 206 Å². The van der Waals surface area contributed by atoms with Gasteiger partial charge in [-0.3, -0.25) is 9.59 Å². The van der Waals surface area contributed by atoms with Gasteiger partial charge in [0.05, 0.1) is 5.41 Å². The molecular formula is C28H34N2O5. The van der Waals surface area contributed by atoms with Crippen molar-refractivity contribution in [3.8, 4) is 11.1 Å². The molecule has 1 fully saturated rings. The van der Waals surface area contributed by atoms with Crippen molar-refractivity contribution in [1.82, 2.24) is 10.2 Å². The molecule has 1 aliphatic heterocycles. The van der Waals surface area contributed by atoms with Gasteiger partial charge in [0.1, 0.15) is 12.6 Å². The van der Waals surface area contributed by atoms with Crippen LogP contribution in [-0.2, 0) is 14.3 Å². The van der Waals surface area contributed by atoms with Gasteiger partial charge in [-0.25, -0.2) is 4.79 Å². The molecule has 7 heteroatoms. The number of nitrogens with zero attached hydrogens (tertiary/aromatic N) is 1. The molecule has 7 nitrogen and oxygen atoms in total. The Kier molecular flexibility index (Phi) is 7.15. The van der Waals surface area contributed by atoms with E-state index < -0.39 is 23.5 Å². The van der Waals surface area contributed by atoms with Crippen LogP contribution in [0.3, 0.4) is 0 Å². The molecular weight excluding hydrogens is 444 g/mol. The van der Waals surface area contributed by atoms with Gasteiger partial charge >= 0.3 is 12.1 Å². The molecule has 1 heterocycles. The molecule has 2 amide bonds. The number of nitrogens with one attached hydrogen (secondary N) is 1. The third-order valence-electron chi connectivity index (χ3n) is 7.89. The number of aliphatic carboxylic acids is 1. The number of carboxylic acid groups (broad SMARTS) is 1. The van der Waals surface area contributed by atoms with Gasteiger partial charge in [0.2, 0.25) is 5.91 Å². The Balaban J connectivity index is 1.44. The number of likely N-dealkylation sites (tertiary alicyclic amines) is 1. The van der Waals surface area contributed by atoms with Crippen LogP contribution in [0.2, 0.25) is 0 Å². The van der Waals surface area contributed by atoms with Crippen molar-refractivity contribution < 1.29 is 24.2 Å². The van der Waals surface area contributed by atoms with Gasteiger partial charge in [0.15, 0.2) is 0 Å². The first-order valence-corrected chi connectivity index (χ1v) is 12.4. The summed E-state index contributed by atoms with van der Waals surface area (Å²) in [6, 6.07) is 15.5. The molecule has 186 valence electrons. The molecule has 0 aromatic heterocycles. The molecule has 2 aliphatic rings. The number of alkyl carbamates (subject to hydrolysis) is 1. The van der Waals surface area contributed by atoms with Gasteiger partial charge in [-0.1, -0.05) is 75.7 Å². The van der Waals surface area contributed by atoms with Gasteiger partial charge in [-0.2, -0.15) is 0 Å². The molecule has 2 N–H and O–H groups in total. The van der Waals surface area contributed by atoms with Crippen LogP contribution in [0.15, 0.2) is 48.5 Å². The molecule has 1 aliphatic carbocycles. The summed E-state index contributed by atoms with van der Waals surface area (Å²) in [4.78, 5) is 39.6. The van der Waals surface area contributed by atoms with E-state index in [1.54, 1.807) is 4.90 Å². The van der Waals surface area contributed by atoms with Gasteiger partial charge in [0, 0.05) is 19.0 Å². The fraction of sp³-hybridized carbons (Fsp3) is 0.464. The fourth-order valence-corrected chi connectivity index (χ4v) is 5.32. The monoisotopic (exact) mass is 478 g/mol. The lowest BCUT2D eigenvalue weighted by Crippen LogP contribution is -2.52. The molecule has 35 heavy (non-hydrogen) atoms. The lowest BCUT2D eigenvalue weighted by molar-refractivity contribution is -0.148. The lowest BCUT2D eigenvalue weighted by atomic mass is 9.84. The zero-order chi connectivity index (χ0) is 25.2. The molecule has 2 aromatic carbocycles. The Hall–Kier alpha value is -3.35. The molecule has 2 aromatic rings. The summed E-state index contributed by atoms with van der Waals surface area (Å²) in [5.74, 6) is -1.31. The Morgan fingerprint density at radius 3 is 2.20 bits per heavy atom. The number of ether oxygens (including phenoxy) is 1. The summed E-state index contributed by atoms with van der Waals surface area (Å²) in [5.41, 5.74) is 3.63. The van der Waals surface area contributed by atoms with E-state index in [1.165, 1.54) is 0 Å². The number of fused-ring (bicyclic) bond motifs is 3. The van der Waals surface area contributed by atoms with Crippen LogP contribution >= 0.6 is 0 Å². The number of amides is 2. The van der Waals surface area contributed by atoms with Crippen molar-refractivity contribution in [2.75, 3.05) is 19.7 Å². The van der Waals surface area contributed by atoms with Crippen LogP contribution in [0.5, 0.6) is 0 Å². The van der Waals surface area contributed by atoms with E-state index in [0.717, 1.165) is 22.3 Å². The average molecular weight is 479 g/mol. The number of benzene rings is 2. The predicted molar refractivity (Wildman–Crippen MR) is 133 cm³/mol. The lowest BCUT2D eigenvalue weighted by Gasteiger charge is -2.29. The summed E-state index contributed by atoms with van der Waals surface area (Å²) < 4.78 is 5.66. The standard InChI is InChI=1S/C28H34N2O5/c1-4-18(3)24(25(31)30-15-14-28(5-2,17-30)26(32)33)29-27(34)35-16-23-21-12-8-6-10-19(21)20-11-7-9-13-22(20)23/h6-13,18,23-24H,4-5,14-17H2,1-3H3,(H,29,34)(H,32,33)/t18-,24-,28?/m0/s1. The van der Waals surface area contributed by atoms with E-state index in [9.17, 15) is 19.5 Å². The van der Waals surface area contributed by atoms with Crippen LogP contribution < -0.4 is 5.32 Å². The number of carbonyl (C=O) groups is 3. The quantitative estimate of drug-likeness (QED) is 0.576. The van der Waals surface area contributed by atoms with Gasteiger partial charge < -0.3 is 20.1 Å². The number of carbonyl (C=O) groups excluding carboxylic acids is 2. The van der Waals surface area contributed by atoms with Crippen LogP contribution in [0.4, 0.5) is 4.79 Å². The minimum Gasteiger partial charge on any atom is -0.481 e. The van der Waals surface area contributed by atoms with Crippen molar-refractivity contribution in [1.29, 1.82) is 0 Å². The third kappa shape index (κ3) is 4.64. The summed E-state index contributed by atoms with van der Waals surface area (Å²) in [7, 11) is 0. The first kappa shape index (κ1) is 24.8. The first-order valence-electron chi connectivity index (χ1n) is 12.4. The van der Waals surface area contributed by atoms with Gasteiger partial charge in [-0.05, 0) is 41.0 Å². The van der Waals surface area contributed by atoms with E-state index in [2.05, 4.69) is 29.6 Å². The zero-order valence-corrected chi connectivity index (χ0v) is 20.6. The van der Waals surface area contributed by atoms with E-state index >= 15 is 0 Å². The van der Waals surface area contributed by atoms with Crippen LogP contribution in [0.1, 0.15) is 57.1 Å². The Morgan fingerprint density at radius 1 is 1.09 bits per heavy atom. The topological polar surface area (TPSA) is 95.9 Å².